The van der Waals surface area contributed by atoms with Crippen molar-refractivity contribution >= 4 is 5.71 Å². The van der Waals surface area contributed by atoms with Crippen LogP contribution in [-0.4, -0.2) is 25.8 Å². The highest BCUT2D eigenvalue weighted by Crippen LogP contribution is 2.00. The van der Waals surface area contributed by atoms with Crippen molar-refractivity contribution in [2.45, 2.75) is 0 Å². The van der Waals surface area contributed by atoms with Gasteiger partial charge in [0.1, 0.15) is 0 Å². The van der Waals surface area contributed by atoms with Gasteiger partial charge >= 0.3 is 0 Å². The fourth-order valence-electron chi connectivity index (χ4n) is 0.909. The number of nitrogens with two attached hydrogens (primary N) is 1. The summed E-state index contributed by atoms with van der Waals surface area (Å²) < 4.78 is 0. The molecular formula is C6H11N3. The Morgan fingerprint density at radius 2 is 2.44 bits per heavy atom. The first kappa shape index (κ1) is 6.29. The highest BCUT2D eigenvalue weighted by molar-refractivity contribution is 6.03. The highest BCUT2D eigenvalue weighted by Gasteiger charge is 2.11. The Hall–Kier alpha value is -0.830. The van der Waals surface area contributed by atoms with E-state index in [1.807, 2.05) is 0 Å². The fraction of sp³-hybridized carbons (Fsp3) is 0.500. The van der Waals surface area contributed by atoms with Gasteiger partial charge in [0.15, 0.2) is 0 Å². The second-order valence-corrected chi connectivity index (χ2v) is 1.97. The Balaban J connectivity index is 2.75. The van der Waals surface area contributed by atoms with Gasteiger partial charge in [-0.15, -0.1) is 0 Å². The lowest BCUT2D eigenvalue weighted by Gasteiger charge is -1.91. The SMILES string of the molecule is CN=C1CNCC1=CN. The van der Waals surface area contributed by atoms with Crippen molar-refractivity contribution in [3.05, 3.63) is 11.8 Å². The van der Waals surface area contributed by atoms with E-state index < -0.39 is 0 Å². The summed E-state index contributed by atoms with van der Waals surface area (Å²) in [6.07, 6.45) is 1.61. The van der Waals surface area contributed by atoms with Crippen LogP contribution in [-0.2, 0) is 0 Å². The largest absolute Gasteiger partial charge is 0.404 e. The molecule has 0 aliphatic carbocycles. The molecule has 1 fully saturated rings. The number of nitrogens with one attached hydrogen (secondary N) is 1. The van der Waals surface area contributed by atoms with E-state index in [0.717, 1.165) is 24.4 Å². The standard InChI is InChI=1S/C6H11N3/c1-8-6-4-9-3-5(6)2-7/h2,9H,3-4,7H2,1H3. The third-order valence-corrected chi connectivity index (χ3v) is 1.45. The average molecular weight is 125 g/mol. The lowest BCUT2D eigenvalue weighted by Crippen LogP contribution is -2.07. The molecule has 1 heterocycles. The lowest BCUT2D eigenvalue weighted by atomic mass is 10.2. The van der Waals surface area contributed by atoms with E-state index in [2.05, 4.69) is 10.3 Å². The molecule has 1 aliphatic heterocycles. The summed E-state index contributed by atoms with van der Waals surface area (Å²) in [6.45, 7) is 1.72. The third kappa shape index (κ3) is 1.10. The molecule has 0 radical (unpaired) electrons. The Kier molecular flexibility index (Phi) is 1.85. The van der Waals surface area contributed by atoms with Crippen molar-refractivity contribution in [1.29, 1.82) is 0 Å². The van der Waals surface area contributed by atoms with Crippen LogP contribution in [0.1, 0.15) is 0 Å². The molecule has 0 aromatic rings. The van der Waals surface area contributed by atoms with Crippen LogP contribution in [0.3, 0.4) is 0 Å². The molecule has 0 aromatic carbocycles. The molecule has 3 heteroatoms. The molecule has 0 atom stereocenters. The first-order chi connectivity index (χ1) is 4.38. The van der Waals surface area contributed by atoms with Crippen LogP contribution in [0, 0.1) is 0 Å². The third-order valence-electron chi connectivity index (χ3n) is 1.45. The molecule has 0 amide bonds. The molecule has 9 heavy (non-hydrogen) atoms. The van der Waals surface area contributed by atoms with Crippen molar-refractivity contribution < 1.29 is 0 Å². The molecule has 1 rings (SSSR count). The number of nitrogens with zero attached hydrogens (tertiary/aromatic N) is 1. The fourth-order valence-corrected chi connectivity index (χ4v) is 0.909. The summed E-state index contributed by atoms with van der Waals surface area (Å²) in [4.78, 5) is 4.05. The normalized spacial score (nSPS) is 28.1. The Labute approximate surface area is 54.7 Å². The van der Waals surface area contributed by atoms with Crippen LogP contribution in [0.5, 0.6) is 0 Å². The van der Waals surface area contributed by atoms with E-state index in [-0.39, 0.29) is 0 Å². The topological polar surface area (TPSA) is 50.4 Å². The summed E-state index contributed by atoms with van der Waals surface area (Å²) in [5.41, 5.74) is 7.52. The predicted molar refractivity (Wildman–Crippen MR) is 38.5 cm³/mol. The van der Waals surface area contributed by atoms with Crippen LogP contribution >= 0.6 is 0 Å². The Morgan fingerprint density at radius 3 is 2.89 bits per heavy atom. The molecule has 0 spiro atoms. The Morgan fingerprint density at radius 1 is 1.67 bits per heavy atom. The van der Waals surface area contributed by atoms with Gasteiger partial charge in [0, 0.05) is 31.9 Å². The van der Waals surface area contributed by atoms with Crippen LogP contribution in [0.15, 0.2) is 16.8 Å². The minimum absolute atomic E-state index is 0.861. The van der Waals surface area contributed by atoms with Gasteiger partial charge in [0.05, 0.1) is 5.71 Å². The number of aliphatic imine (C=N–C) groups is 1. The summed E-state index contributed by atoms with van der Waals surface area (Å²) in [5.74, 6) is 0. The van der Waals surface area contributed by atoms with Crippen molar-refractivity contribution in [2.75, 3.05) is 20.1 Å². The van der Waals surface area contributed by atoms with Gasteiger partial charge in [-0.1, -0.05) is 0 Å². The van der Waals surface area contributed by atoms with E-state index >= 15 is 0 Å². The molecule has 0 saturated carbocycles. The second kappa shape index (κ2) is 2.64. The van der Waals surface area contributed by atoms with Gasteiger partial charge < -0.3 is 11.1 Å². The van der Waals surface area contributed by atoms with Gasteiger partial charge in [0.25, 0.3) is 0 Å². The van der Waals surface area contributed by atoms with Gasteiger partial charge in [-0.3, -0.25) is 4.99 Å². The lowest BCUT2D eigenvalue weighted by molar-refractivity contribution is 0.906. The summed E-state index contributed by atoms with van der Waals surface area (Å²) in [7, 11) is 1.78. The van der Waals surface area contributed by atoms with Crippen molar-refractivity contribution in [2.24, 2.45) is 10.7 Å². The molecule has 3 N–H and O–H groups in total. The minimum atomic E-state index is 0.861. The van der Waals surface area contributed by atoms with E-state index in [9.17, 15) is 0 Å². The maximum Gasteiger partial charge on any atom is 0.0542 e. The van der Waals surface area contributed by atoms with Gasteiger partial charge in [0.2, 0.25) is 0 Å². The van der Waals surface area contributed by atoms with Crippen molar-refractivity contribution in [3.63, 3.8) is 0 Å². The minimum Gasteiger partial charge on any atom is -0.404 e. The maximum absolute atomic E-state index is 5.32. The second-order valence-electron chi connectivity index (χ2n) is 1.97. The molecule has 1 saturated heterocycles. The molecule has 1 aliphatic rings. The Bertz CT molecular complexity index is 140. The molecule has 50 valence electrons. The average Bonchev–Trinajstić information content (AvgIpc) is 2.33. The number of hydrogen-bond acceptors (Lipinski definition) is 3. The predicted octanol–water partition coefficient (Wildman–Crippen LogP) is -0.497. The highest BCUT2D eigenvalue weighted by atomic mass is 14.9. The van der Waals surface area contributed by atoms with Crippen molar-refractivity contribution in [1.82, 2.24) is 5.32 Å². The summed E-state index contributed by atoms with van der Waals surface area (Å²) >= 11 is 0. The van der Waals surface area contributed by atoms with Crippen LogP contribution < -0.4 is 11.1 Å². The van der Waals surface area contributed by atoms with E-state index in [0.29, 0.717) is 0 Å². The zero-order valence-corrected chi connectivity index (χ0v) is 5.52. The monoisotopic (exact) mass is 125 g/mol. The van der Waals surface area contributed by atoms with E-state index in [1.54, 1.807) is 13.2 Å². The maximum atomic E-state index is 5.32. The molecule has 0 unspecified atom stereocenters. The quantitative estimate of drug-likeness (QED) is 0.458. The van der Waals surface area contributed by atoms with Crippen LogP contribution in [0.4, 0.5) is 0 Å². The summed E-state index contributed by atoms with van der Waals surface area (Å²) in [5, 5.41) is 3.15. The van der Waals surface area contributed by atoms with E-state index in [4.69, 9.17) is 5.73 Å². The first-order valence-electron chi connectivity index (χ1n) is 2.96. The zero-order valence-electron chi connectivity index (χ0n) is 5.52. The van der Waals surface area contributed by atoms with Crippen LogP contribution in [0.2, 0.25) is 0 Å². The molecule has 3 nitrogen and oxygen atoms in total. The smallest absolute Gasteiger partial charge is 0.0542 e. The van der Waals surface area contributed by atoms with Crippen LogP contribution in [0.25, 0.3) is 0 Å². The molecule has 0 bridgehead atoms. The first-order valence-corrected chi connectivity index (χ1v) is 2.96. The summed E-state index contributed by atoms with van der Waals surface area (Å²) in [6, 6.07) is 0. The molecule has 0 aromatic heterocycles. The molecular weight excluding hydrogens is 114 g/mol. The van der Waals surface area contributed by atoms with E-state index in [1.165, 1.54) is 0 Å². The van der Waals surface area contributed by atoms with Gasteiger partial charge in [-0.2, -0.15) is 0 Å². The van der Waals surface area contributed by atoms with Gasteiger partial charge in [-0.25, -0.2) is 0 Å². The van der Waals surface area contributed by atoms with Gasteiger partial charge in [-0.05, 0) is 0 Å². The van der Waals surface area contributed by atoms with Crippen molar-refractivity contribution in [3.8, 4) is 0 Å². The zero-order chi connectivity index (χ0) is 6.69. The number of hydrogen-bond donors (Lipinski definition) is 2. The number of rotatable bonds is 0.